The van der Waals surface area contributed by atoms with Crippen molar-refractivity contribution in [3.8, 4) is 11.5 Å². The van der Waals surface area contributed by atoms with Crippen LogP contribution < -0.4 is 14.8 Å². The van der Waals surface area contributed by atoms with Crippen molar-refractivity contribution in [1.29, 1.82) is 0 Å². The first-order chi connectivity index (χ1) is 14.7. The minimum absolute atomic E-state index is 0.01000. The van der Waals surface area contributed by atoms with Gasteiger partial charge in [0.05, 0.1) is 6.61 Å². The molecule has 8 nitrogen and oxygen atoms in total. The molecule has 1 N–H and O–H groups in total. The van der Waals surface area contributed by atoms with E-state index in [1.165, 1.54) is 0 Å². The molecular formula is C22H31N3O5. The summed E-state index contributed by atoms with van der Waals surface area (Å²) < 4.78 is 11.1. The predicted octanol–water partition coefficient (Wildman–Crippen LogP) is 2.44. The molecule has 1 aromatic rings. The average molecular weight is 418 g/mol. The highest BCUT2D eigenvalue weighted by Gasteiger charge is 2.24. The van der Waals surface area contributed by atoms with Gasteiger partial charge in [-0.2, -0.15) is 5.06 Å². The molecule has 4 rings (SSSR count). The summed E-state index contributed by atoms with van der Waals surface area (Å²) in [7, 11) is 0. The SMILES string of the molecule is O=C(CCC1CCN(C(=O)CCN2CCCO2)CC1)Nc1ccc2c(c1)OCCO2. The van der Waals surface area contributed by atoms with Crippen LogP contribution in [0.4, 0.5) is 5.69 Å². The number of carbonyl (C=O) groups excluding carboxylic acids is 2. The van der Waals surface area contributed by atoms with Crippen molar-refractivity contribution in [3.63, 3.8) is 0 Å². The molecule has 2 fully saturated rings. The zero-order chi connectivity index (χ0) is 20.8. The first-order valence-corrected chi connectivity index (χ1v) is 11.0. The number of carbonyl (C=O) groups is 2. The van der Waals surface area contributed by atoms with Gasteiger partial charge in [0.25, 0.3) is 0 Å². The van der Waals surface area contributed by atoms with Crippen molar-refractivity contribution < 1.29 is 23.9 Å². The smallest absolute Gasteiger partial charge is 0.224 e. The predicted molar refractivity (Wildman–Crippen MR) is 111 cm³/mol. The van der Waals surface area contributed by atoms with Gasteiger partial charge < -0.3 is 19.7 Å². The lowest BCUT2D eigenvalue weighted by atomic mass is 9.92. The van der Waals surface area contributed by atoms with Gasteiger partial charge in [0.15, 0.2) is 11.5 Å². The van der Waals surface area contributed by atoms with Crippen molar-refractivity contribution in [2.24, 2.45) is 5.92 Å². The maximum atomic E-state index is 12.4. The van der Waals surface area contributed by atoms with E-state index in [4.69, 9.17) is 14.3 Å². The fourth-order valence-electron chi connectivity index (χ4n) is 4.20. The Bertz CT molecular complexity index is 742. The van der Waals surface area contributed by atoms with Crippen molar-refractivity contribution in [2.45, 2.75) is 38.5 Å². The van der Waals surface area contributed by atoms with E-state index in [0.29, 0.717) is 50.0 Å². The molecule has 30 heavy (non-hydrogen) atoms. The Labute approximate surface area is 177 Å². The Hall–Kier alpha value is -2.32. The third-order valence-electron chi connectivity index (χ3n) is 5.97. The summed E-state index contributed by atoms with van der Waals surface area (Å²) >= 11 is 0. The van der Waals surface area contributed by atoms with Crippen LogP contribution in [0.5, 0.6) is 11.5 Å². The minimum atomic E-state index is 0.01000. The molecule has 8 heteroatoms. The fourth-order valence-corrected chi connectivity index (χ4v) is 4.20. The second-order valence-corrected chi connectivity index (χ2v) is 8.14. The van der Waals surface area contributed by atoms with Crippen LogP contribution in [0.25, 0.3) is 0 Å². The zero-order valence-electron chi connectivity index (χ0n) is 17.4. The minimum Gasteiger partial charge on any atom is -0.486 e. The second-order valence-electron chi connectivity index (χ2n) is 8.14. The van der Waals surface area contributed by atoms with Crippen LogP contribution >= 0.6 is 0 Å². The molecule has 0 atom stereocenters. The van der Waals surface area contributed by atoms with E-state index in [-0.39, 0.29) is 11.8 Å². The number of rotatable bonds is 7. The molecule has 3 aliphatic rings. The molecule has 3 heterocycles. The number of fused-ring (bicyclic) bond motifs is 1. The zero-order valence-corrected chi connectivity index (χ0v) is 17.4. The first-order valence-electron chi connectivity index (χ1n) is 11.0. The molecule has 0 saturated carbocycles. The normalized spacial score (nSPS) is 19.7. The standard InChI is InChI=1S/C22H31N3O5/c26-21(23-18-3-4-19-20(16-18)29-15-14-28-19)5-2-17-6-10-24(11-7-17)22(27)8-12-25-9-1-13-30-25/h3-4,16-17H,1-2,5-15H2,(H,23,26). The summed E-state index contributed by atoms with van der Waals surface area (Å²) in [5.41, 5.74) is 0.728. The molecule has 0 radical (unpaired) electrons. The van der Waals surface area contributed by atoms with Crippen LogP contribution in [0, 0.1) is 5.92 Å². The summed E-state index contributed by atoms with van der Waals surface area (Å²) in [4.78, 5) is 32.1. The maximum Gasteiger partial charge on any atom is 0.224 e. The van der Waals surface area contributed by atoms with Gasteiger partial charge in [-0.15, -0.1) is 0 Å². The van der Waals surface area contributed by atoms with Crippen LogP contribution in [0.1, 0.15) is 38.5 Å². The summed E-state index contributed by atoms with van der Waals surface area (Å²) in [6.45, 7) is 5.01. The van der Waals surface area contributed by atoms with Crippen molar-refractivity contribution in [2.75, 3.05) is 51.3 Å². The number of amides is 2. The number of piperidine rings is 1. The molecule has 2 saturated heterocycles. The Balaban J connectivity index is 1.14. The molecular weight excluding hydrogens is 386 g/mol. The topological polar surface area (TPSA) is 80.3 Å². The van der Waals surface area contributed by atoms with E-state index >= 15 is 0 Å². The Kier molecular flexibility index (Phi) is 7.07. The van der Waals surface area contributed by atoms with Crippen LogP contribution in [0.2, 0.25) is 0 Å². The van der Waals surface area contributed by atoms with Crippen LogP contribution in [0.3, 0.4) is 0 Å². The third-order valence-corrected chi connectivity index (χ3v) is 5.97. The maximum absolute atomic E-state index is 12.4. The highest BCUT2D eigenvalue weighted by molar-refractivity contribution is 5.91. The Morgan fingerprint density at radius 3 is 2.57 bits per heavy atom. The van der Waals surface area contributed by atoms with Crippen LogP contribution in [-0.2, 0) is 14.4 Å². The Morgan fingerprint density at radius 1 is 1.00 bits per heavy atom. The van der Waals surface area contributed by atoms with Gasteiger partial charge in [0, 0.05) is 50.8 Å². The van der Waals surface area contributed by atoms with Gasteiger partial charge in [-0.05, 0) is 43.7 Å². The quantitative estimate of drug-likeness (QED) is 0.734. The molecule has 2 amide bonds. The number of likely N-dealkylation sites (tertiary alicyclic amines) is 1. The number of benzene rings is 1. The average Bonchev–Trinajstić information content (AvgIpc) is 3.30. The molecule has 1 aromatic carbocycles. The lowest BCUT2D eigenvalue weighted by molar-refractivity contribution is -0.140. The molecule has 164 valence electrons. The van der Waals surface area contributed by atoms with Gasteiger partial charge in [0.1, 0.15) is 13.2 Å². The van der Waals surface area contributed by atoms with Gasteiger partial charge in [-0.25, -0.2) is 0 Å². The summed E-state index contributed by atoms with van der Waals surface area (Å²) in [6, 6.07) is 5.47. The molecule has 3 aliphatic heterocycles. The van der Waals surface area contributed by atoms with E-state index in [9.17, 15) is 9.59 Å². The number of hydroxylamine groups is 2. The van der Waals surface area contributed by atoms with Crippen molar-refractivity contribution in [3.05, 3.63) is 18.2 Å². The molecule has 0 spiro atoms. The summed E-state index contributed by atoms with van der Waals surface area (Å²) in [6.07, 6.45) is 4.82. The van der Waals surface area contributed by atoms with Gasteiger partial charge in [-0.1, -0.05) is 0 Å². The van der Waals surface area contributed by atoms with E-state index < -0.39 is 0 Å². The highest BCUT2D eigenvalue weighted by atomic mass is 16.7. The number of nitrogens with zero attached hydrogens (tertiary/aromatic N) is 2. The highest BCUT2D eigenvalue weighted by Crippen LogP contribution is 2.32. The largest absolute Gasteiger partial charge is 0.486 e. The van der Waals surface area contributed by atoms with Crippen LogP contribution in [0.15, 0.2) is 18.2 Å². The number of ether oxygens (including phenoxy) is 2. The van der Waals surface area contributed by atoms with Crippen LogP contribution in [-0.4, -0.2) is 67.8 Å². The van der Waals surface area contributed by atoms with E-state index in [1.807, 2.05) is 28.2 Å². The third kappa shape index (κ3) is 5.64. The summed E-state index contributed by atoms with van der Waals surface area (Å²) in [5, 5.41) is 4.84. The molecule has 0 bridgehead atoms. The summed E-state index contributed by atoms with van der Waals surface area (Å²) in [5.74, 6) is 2.10. The van der Waals surface area contributed by atoms with Crippen molar-refractivity contribution >= 4 is 17.5 Å². The number of nitrogens with one attached hydrogen (secondary N) is 1. The molecule has 0 aliphatic carbocycles. The lowest BCUT2D eigenvalue weighted by Gasteiger charge is -2.32. The number of anilines is 1. The van der Waals surface area contributed by atoms with Gasteiger partial charge in [0.2, 0.25) is 11.8 Å². The van der Waals surface area contributed by atoms with E-state index in [2.05, 4.69) is 5.32 Å². The molecule has 0 aromatic heterocycles. The number of hydrogen-bond donors (Lipinski definition) is 1. The van der Waals surface area contributed by atoms with Crippen molar-refractivity contribution in [1.82, 2.24) is 9.96 Å². The lowest BCUT2D eigenvalue weighted by Crippen LogP contribution is -2.39. The first kappa shape index (κ1) is 20.9. The molecule has 0 unspecified atom stereocenters. The van der Waals surface area contributed by atoms with Gasteiger partial charge >= 0.3 is 0 Å². The van der Waals surface area contributed by atoms with Gasteiger partial charge in [-0.3, -0.25) is 14.4 Å². The van der Waals surface area contributed by atoms with E-state index in [0.717, 1.165) is 57.6 Å². The van der Waals surface area contributed by atoms with E-state index in [1.54, 1.807) is 0 Å². The second kappa shape index (κ2) is 10.1. The monoisotopic (exact) mass is 417 g/mol. The fraction of sp³-hybridized carbons (Fsp3) is 0.636. The Morgan fingerprint density at radius 2 is 1.80 bits per heavy atom. The number of hydrogen-bond acceptors (Lipinski definition) is 6.